The number of amides is 2. The lowest BCUT2D eigenvalue weighted by Gasteiger charge is -2.15. The van der Waals surface area contributed by atoms with Crippen molar-refractivity contribution in [1.29, 1.82) is 0 Å². The fraction of sp³-hybridized carbons (Fsp3) is 0.160. The number of carbonyl (C=O) groups excluding carboxylic acids is 2. The van der Waals surface area contributed by atoms with Gasteiger partial charge in [-0.25, -0.2) is 4.98 Å². The van der Waals surface area contributed by atoms with Crippen LogP contribution in [0.5, 0.6) is 11.5 Å². The van der Waals surface area contributed by atoms with Gasteiger partial charge in [0.2, 0.25) is 0 Å². The third kappa shape index (κ3) is 5.68. The van der Waals surface area contributed by atoms with Crippen molar-refractivity contribution in [3.63, 3.8) is 0 Å². The minimum atomic E-state index is -0.554. The van der Waals surface area contributed by atoms with Crippen molar-refractivity contribution >= 4 is 22.8 Å². The number of ether oxygens (including phenoxy) is 2. The highest BCUT2D eigenvalue weighted by Gasteiger charge is 2.17. The van der Waals surface area contributed by atoms with E-state index in [1.807, 2.05) is 54.6 Å². The van der Waals surface area contributed by atoms with Crippen LogP contribution in [0.1, 0.15) is 18.5 Å². The van der Waals surface area contributed by atoms with Crippen LogP contribution in [0.4, 0.5) is 0 Å². The maximum absolute atomic E-state index is 12.4. The number of hydrogen-bond acceptors (Lipinski definition) is 5. The Balaban J connectivity index is 1.21. The summed E-state index contributed by atoms with van der Waals surface area (Å²) in [6, 6.07) is 23.8. The van der Waals surface area contributed by atoms with Crippen LogP contribution in [-0.2, 0) is 16.2 Å². The van der Waals surface area contributed by atoms with E-state index in [2.05, 4.69) is 15.8 Å². The Morgan fingerprint density at radius 1 is 0.879 bits per heavy atom. The number of hydrazine groups is 1. The molecule has 4 rings (SSSR count). The van der Waals surface area contributed by atoms with Crippen LogP contribution >= 0.6 is 0 Å². The molecular weight excluding hydrogens is 420 g/mol. The van der Waals surface area contributed by atoms with E-state index in [0.717, 1.165) is 16.6 Å². The SMILES string of the molecule is C[C@@H](C(=O)NNC(=O)COc1ccc(OCc2ccccc2)cc1)n1cnc2ccccc21. The molecule has 0 spiro atoms. The van der Waals surface area contributed by atoms with Gasteiger partial charge in [-0.1, -0.05) is 42.5 Å². The molecule has 8 heteroatoms. The number of nitrogens with one attached hydrogen (secondary N) is 2. The van der Waals surface area contributed by atoms with Gasteiger partial charge in [-0.3, -0.25) is 20.4 Å². The number of imidazole rings is 1. The summed E-state index contributed by atoms with van der Waals surface area (Å²) >= 11 is 0. The van der Waals surface area contributed by atoms with Gasteiger partial charge in [0.25, 0.3) is 11.8 Å². The predicted octanol–water partition coefficient (Wildman–Crippen LogP) is 3.40. The molecule has 0 unspecified atom stereocenters. The van der Waals surface area contributed by atoms with Gasteiger partial charge in [0.05, 0.1) is 17.4 Å². The number of nitrogens with zero attached hydrogens (tertiary/aromatic N) is 2. The van der Waals surface area contributed by atoms with Crippen LogP contribution in [0, 0.1) is 0 Å². The Morgan fingerprint density at radius 2 is 1.55 bits per heavy atom. The van der Waals surface area contributed by atoms with E-state index in [-0.39, 0.29) is 12.5 Å². The molecule has 0 aliphatic carbocycles. The standard InChI is InChI=1S/C25H24N4O4/c1-18(29-17-26-22-9-5-6-10-23(22)29)25(31)28-27-24(30)16-33-21-13-11-20(12-14-21)32-15-19-7-3-2-4-8-19/h2-14,17-18H,15-16H2,1H3,(H,27,30)(H,28,31)/t18-/m0/s1. The molecule has 0 aliphatic heterocycles. The fourth-order valence-electron chi connectivity index (χ4n) is 3.21. The number of benzene rings is 3. The molecule has 2 N–H and O–H groups in total. The second kappa shape index (κ2) is 10.3. The zero-order chi connectivity index (χ0) is 23.0. The lowest BCUT2D eigenvalue weighted by Crippen LogP contribution is -2.46. The maximum atomic E-state index is 12.4. The summed E-state index contributed by atoms with van der Waals surface area (Å²) < 4.78 is 12.9. The molecular formula is C25H24N4O4. The lowest BCUT2D eigenvalue weighted by atomic mass is 10.2. The molecule has 0 fully saturated rings. The molecule has 0 saturated carbocycles. The maximum Gasteiger partial charge on any atom is 0.276 e. The molecule has 1 atom stereocenters. The van der Waals surface area contributed by atoms with Crippen LogP contribution in [0.2, 0.25) is 0 Å². The molecule has 0 radical (unpaired) electrons. The summed E-state index contributed by atoms with van der Waals surface area (Å²) in [5.74, 6) is 0.368. The molecule has 33 heavy (non-hydrogen) atoms. The van der Waals surface area contributed by atoms with Gasteiger partial charge in [0, 0.05) is 0 Å². The number of hydrogen-bond donors (Lipinski definition) is 2. The third-order valence-corrected chi connectivity index (χ3v) is 5.04. The van der Waals surface area contributed by atoms with Crippen LogP contribution in [0.15, 0.2) is 85.2 Å². The van der Waals surface area contributed by atoms with Gasteiger partial charge in [-0.15, -0.1) is 0 Å². The number of para-hydroxylation sites is 2. The monoisotopic (exact) mass is 444 g/mol. The van der Waals surface area contributed by atoms with Gasteiger partial charge >= 0.3 is 0 Å². The first-order valence-corrected chi connectivity index (χ1v) is 10.5. The highest BCUT2D eigenvalue weighted by atomic mass is 16.5. The molecule has 3 aromatic carbocycles. The zero-order valence-corrected chi connectivity index (χ0v) is 18.1. The summed E-state index contributed by atoms with van der Waals surface area (Å²) in [6.45, 7) is 1.96. The predicted molar refractivity (Wildman–Crippen MR) is 123 cm³/mol. The highest BCUT2D eigenvalue weighted by molar-refractivity contribution is 5.86. The minimum Gasteiger partial charge on any atom is -0.489 e. The first kappa shape index (κ1) is 21.9. The molecule has 0 saturated heterocycles. The van der Waals surface area contributed by atoms with Crippen molar-refractivity contribution < 1.29 is 19.1 Å². The zero-order valence-electron chi connectivity index (χ0n) is 18.1. The smallest absolute Gasteiger partial charge is 0.276 e. The normalized spacial score (nSPS) is 11.5. The second-order valence-electron chi connectivity index (χ2n) is 7.39. The van der Waals surface area contributed by atoms with Gasteiger partial charge < -0.3 is 14.0 Å². The molecule has 4 aromatic rings. The summed E-state index contributed by atoms with van der Waals surface area (Å²) in [6.07, 6.45) is 1.60. The van der Waals surface area contributed by atoms with Crippen molar-refractivity contribution in [2.45, 2.75) is 19.6 Å². The van der Waals surface area contributed by atoms with E-state index in [4.69, 9.17) is 9.47 Å². The van der Waals surface area contributed by atoms with Gasteiger partial charge in [-0.05, 0) is 48.9 Å². The Kier molecular flexibility index (Phi) is 6.84. The molecule has 2 amide bonds. The Bertz CT molecular complexity index is 1220. The number of fused-ring (bicyclic) bond motifs is 1. The molecule has 0 bridgehead atoms. The quantitative estimate of drug-likeness (QED) is 0.406. The van der Waals surface area contributed by atoms with Crippen molar-refractivity contribution in [3.8, 4) is 11.5 Å². The number of aromatic nitrogens is 2. The van der Waals surface area contributed by atoms with Crippen molar-refractivity contribution in [2.24, 2.45) is 0 Å². The average molecular weight is 444 g/mol. The van der Waals surface area contributed by atoms with E-state index in [1.54, 1.807) is 42.1 Å². The van der Waals surface area contributed by atoms with E-state index in [0.29, 0.717) is 18.1 Å². The Morgan fingerprint density at radius 3 is 2.30 bits per heavy atom. The third-order valence-electron chi connectivity index (χ3n) is 5.04. The van der Waals surface area contributed by atoms with E-state index in [1.165, 1.54) is 0 Å². The van der Waals surface area contributed by atoms with Gasteiger partial charge in [0.1, 0.15) is 24.1 Å². The van der Waals surface area contributed by atoms with Crippen LogP contribution in [0.25, 0.3) is 11.0 Å². The molecule has 0 aliphatic rings. The first-order chi connectivity index (χ1) is 16.1. The van der Waals surface area contributed by atoms with Crippen LogP contribution < -0.4 is 20.3 Å². The largest absolute Gasteiger partial charge is 0.489 e. The molecule has 1 aromatic heterocycles. The molecule has 168 valence electrons. The van der Waals surface area contributed by atoms with Crippen LogP contribution in [0.3, 0.4) is 0 Å². The Hall–Kier alpha value is -4.33. The molecule has 1 heterocycles. The van der Waals surface area contributed by atoms with Gasteiger partial charge in [-0.2, -0.15) is 0 Å². The molecule has 8 nitrogen and oxygen atoms in total. The summed E-state index contributed by atoms with van der Waals surface area (Å²) in [5.41, 5.74) is 7.51. The van der Waals surface area contributed by atoms with Gasteiger partial charge in [0.15, 0.2) is 6.61 Å². The van der Waals surface area contributed by atoms with E-state index < -0.39 is 11.9 Å². The Labute approximate surface area is 191 Å². The fourth-order valence-corrected chi connectivity index (χ4v) is 3.21. The topological polar surface area (TPSA) is 94.5 Å². The van der Waals surface area contributed by atoms with Crippen molar-refractivity contribution in [1.82, 2.24) is 20.4 Å². The summed E-state index contributed by atoms with van der Waals surface area (Å²) in [7, 11) is 0. The number of rotatable bonds is 8. The second-order valence-corrected chi connectivity index (χ2v) is 7.39. The first-order valence-electron chi connectivity index (χ1n) is 10.5. The highest BCUT2D eigenvalue weighted by Crippen LogP contribution is 2.19. The van der Waals surface area contributed by atoms with E-state index >= 15 is 0 Å². The summed E-state index contributed by atoms with van der Waals surface area (Å²) in [5, 5.41) is 0. The number of carbonyl (C=O) groups is 2. The van der Waals surface area contributed by atoms with E-state index in [9.17, 15) is 9.59 Å². The van der Waals surface area contributed by atoms with Crippen molar-refractivity contribution in [3.05, 3.63) is 90.8 Å². The van der Waals surface area contributed by atoms with Crippen LogP contribution in [-0.4, -0.2) is 28.0 Å². The van der Waals surface area contributed by atoms with Crippen molar-refractivity contribution in [2.75, 3.05) is 6.61 Å². The lowest BCUT2D eigenvalue weighted by molar-refractivity contribution is -0.131. The average Bonchev–Trinajstić information content (AvgIpc) is 3.29. The summed E-state index contributed by atoms with van der Waals surface area (Å²) in [4.78, 5) is 28.8. The minimum absolute atomic E-state index is 0.243.